The summed E-state index contributed by atoms with van der Waals surface area (Å²) in [5.41, 5.74) is 3.60. The molecule has 1 amide bonds. The minimum Gasteiger partial charge on any atom is -0.489 e. The largest absolute Gasteiger partial charge is 0.489 e. The van der Waals surface area contributed by atoms with E-state index in [-0.39, 0.29) is 12.5 Å². The fourth-order valence-corrected chi connectivity index (χ4v) is 5.81. The SMILES string of the molecule is CCCCSc1nc2n(n1)C(c1ccc(OCc3c(Cl)cccc3Cl)cc1)C(C(=O)Nc1ccccc1)=C(C)N2. The summed E-state index contributed by atoms with van der Waals surface area (Å²) in [6.07, 6.45) is 2.18. The second kappa shape index (κ2) is 12.8. The number of para-hydroxylation sites is 1. The minimum atomic E-state index is -0.486. The molecule has 40 heavy (non-hydrogen) atoms. The number of allylic oxidation sites excluding steroid dienone is 1. The van der Waals surface area contributed by atoms with Crippen LogP contribution >= 0.6 is 35.0 Å². The first-order valence-electron chi connectivity index (χ1n) is 13.0. The molecule has 0 spiro atoms. The number of benzene rings is 3. The van der Waals surface area contributed by atoms with Gasteiger partial charge < -0.3 is 15.4 Å². The molecule has 3 aromatic carbocycles. The molecule has 0 fully saturated rings. The highest BCUT2D eigenvalue weighted by atomic mass is 35.5. The standard InChI is InChI=1S/C30H29Cl2N5O2S/c1-3-4-17-40-30-35-29-33-19(2)26(28(38)34-21-9-6-5-7-10-21)27(37(29)36-30)20-13-15-22(16-14-20)39-18-23-24(31)11-8-12-25(23)32/h5-16,27H,3-4,17-18H2,1-2H3,(H,34,38)(H,33,35,36). The van der Waals surface area contributed by atoms with Crippen molar-refractivity contribution in [2.24, 2.45) is 0 Å². The Hall–Kier alpha value is -3.46. The number of unbranched alkanes of at least 4 members (excludes halogenated alkanes) is 1. The Balaban J connectivity index is 1.44. The van der Waals surface area contributed by atoms with Gasteiger partial charge in [-0.1, -0.05) is 84.7 Å². The number of nitrogens with one attached hydrogen (secondary N) is 2. The highest BCUT2D eigenvalue weighted by Crippen LogP contribution is 2.37. The van der Waals surface area contributed by atoms with Crippen molar-refractivity contribution in [3.05, 3.63) is 105 Å². The van der Waals surface area contributed by atoms with E-state index < -0.39 is 6.04 Å². The number of aromatic nitrogens is 3. The summed E-state index contributed by atoms with van der Waals surface area (Å²) in [4.78, 5) is 18.4. The molecule has 0 aliphatic carbocycles. The number of nitrogens with zero attached hydrogens (tertiary/aromatic N) is 3. The van der Waals surface area contributed by atoms with Gasteiger partial charge in [-0.15, -0.1) is 5.10 Å². The number of ether oxygens (including phenoxy) is 1. The lowest BCUT2D eigenvalue weighted by Gasteiger charge is -2.28. The maximum atomic E-state index is 13.7. The summed E-state index contributed by atoms with van der Waals surface area (Å²) in [6.45, 7) is 4.28. The predicted molar refractivity (Wildman–Crippen MR) is 162 cm³/mol. The van der Waals surface area contributed by atoms with Crippen LogP contribution in [0.4, 0.5) is 11.6 Å². The molecular weight excluding hydrogens is 565 g/mol. The van der Waals surface area contributed by atoms with E-state index >= 15 is 0 Å². The molecule has 0 saturated heterocycles. The van der Waals surface area contributed by atoms with Crippen molar-refractivity contribution in [3.63, 3.8) is 0 Å². The minimum absolute atomic E-state index is 0.212. The smallest absolute Gasteiger partial charge is 0.255 e. The average Bonchev–Trinajstić information content (AvgIpc) is 3.35. The van der Waals surface area contributed by atoms with Crippen LogP contribution < -0.4 is 15.4 Å². The molecule has 206 valence electrons. The van der Waals surface area contributed by atoms with Gasteiger partial charge >= 0.3 is 0 Å². The average molecular weight is 595 g/mol. The van der Waals surface area contributed by atoms with E-state index in [2.05, 4.69) is 17.6 Å². The lowest BCUT2D eigenvalue weighted by atomic mass is 9.95. The van der Waals surface area contributed by atoms with Gasteiger partial charge in [0.15, 0.2) is 0 Å². The van der Waals surface area contributed by atoms with Crippen LogP contribution in [0.15, 0.2) is 89.2 Å². The lowest BCUT2D eigenvalue weighted by Crippen LogP contribution is -2.31. The Kier molecular flexibility index (Phi) is 8.99. The number of hydrogen-bond acceptors (Lipinski definition) is 6. The Labute approximate surface area is 247 Å². The number of carbonyl (C=O) groups excluding carboxylic acids is 1. The summed E-state index contributed by atoms with van der Waals surface area (Å²) in [5.74, 6) is 1.97. The molecule has 2 N–H and O–H groups in total. The van der Waals surface area contributed by atoms with Gasteiger partial charge in [-0.3, -0.25) is 4.79 Å². The van der Waals surface area contributed by atoms with Crippen molar-refractivity contribution >= 4 is 52.5 Å². The zero-order valence-corrected chi connectivity index (χ0v) is 24.5. The molecule has 0 bridgehead atoms. The molecule has 1 aromatic heterocycles. The van der Waals surface area contributed by atoms with E-state index in [4.69, 9.17) is 38.0 Å². The molecule has 0 saturated carbocycles. The van der Waals surface area contributed by atoms with Crippen molar-refractivity contribution in [2.75, 3.05) is 16.4 Å². The quantitative estimate of drug-likeness (QED) is 0.143. The first-order chi connectivity index (χ1) is 19.4. The highest BCUT2D eigenvalue weighted by molar-refractivity contribution is 7.99. The molecule has 1 aliphatic heterocycles. The molecule has 0 radical (unpaired) electrons. The molecule has 1 atom stereocenters. The van der Waals surface area contributed by atoms with Crippen LogP contribution in [0.2, 0.25) is 10.0 Å². The van der Waals surface area contributed by atoms with E-state index in [0.717, 1.165) is 35.4 Å². The summed E-state index contributed by atoms with van der Waals surface area (Å²) >= 11 is 14.2. The topological polar surface area (TPSA) is 81.1 Å². The van der Waals surface area contributed by atoms with Crippen LogP contribution in [0.25, 0.3) is 0 Å². The second-order valence-corrected chi connectivity index (χ2v) is 11.2. The van der Waals surface area contributed by atoms with E-state index in [1.54, 1.807) is 34.6 Å². The van der Waals surface area contributed by atoms with E-state index in [1.807, 2.05) is 61.5 Å². The Morgan fingerprint density at radius 3 is 2.48 bits per heavy atom. The Morgan fingerprint density at radius 2 is 1.77 bits per heavy atom. The molecule has 2 heterocycles. The highest BCUT2D eigenvalue weighted by Gasteiger charge is 2.34. The maximum absolute atomic E-state index is 13.7. The zero-order valence-electron chi connectivity index (χ0n) is 22.2. The third-order valence-corrected chi connectivity index (χ3v) is 8.11. The van der Waals surface area contributed by atoms with Gasteiger partial charge in [0.2, 0.25) is 11.1 Å². The number of carbonyl (C=O) groups is 1. The van der Waals surface area contributed by atoms with Crippen molar-refractivity contribution in [2.45, 2.75) is 44.5 Å². The molecule has 1 aliphatic rings. The fourth-order valence-electron chi connectivity index (χ4n) is 4.39. The van der Waals surface area contributed by atoms with Crippen molar-refractivity contribution < 1.29 is 9.53 Å². The van der Waals surface area contributed by atoms with Crippen molar-refractivity contribution in [1.29, 1.82) is 0 Å². The third kappa shape index (κ3) is 6.30. The van der Waals surface area contributed by atoms with Gasteiger partial charge in [0.25, 0.3) is 5.91 Å². The molecular formula is C30H29Cl2N5O2S. The summed E-state index contributed by atoms with van der Waals surface area (Å²) in [6, 6.07) is 21.9. The lowest BCUT2D eigenvalue weighted by molar-refractivity contribution is -0.113. The number of halogens is 2. The summed E-state index contributed by atoms with van der Waals surface area (Å²) in [7, 11) is 0. The number of rotatable bonds is 10. The molecule has 7 nitrogen and oxygen atoms in total. The van der Waals surface area contributed by atoms with Crippen LogP contribution in [-0.4, -0.2) is 26.4 Å². The molecule has 5 rings (SSSR count). The van der Waals surface area contributed by atoms with Gasteiger partial charge in [0, 0.05) is 32.7 Å². The molecule has 10 heteroatoms. The number of anilines is 2. The fraction of sp³-hybridized carbons (Fsp3) is 0.233. The first kappa shape index (κ1) is 28.1. The molecule has 1 unspecified atom stereocenters. The first-order valence-corrected chi connectivity index (χ1v) is 14.8. The van der Waals surface area contributed by atoms with Crippen LogP contribution in [0.3, 0.4) is 0 Å². The molecule has 4 aromatic rings. The van der Waals surface area contributed by atoms with Crippen LogP contribution in [0.5, 0.6) is 5.75 Å². The Morgan fingerprint density at radius 1 is 1.05 bits per heavy atom. The maximum Gasteiger partial charge on any atom is 0.255 e. The van der Waals surface area contributed by atoms with E-state index in [1.165, 1.54) is 0 Å². The predicted octanol–water partition coefficient (Wildman–Crippen LogP) is 7.98. The van der Waals surface area contributed by atoms with Gasteiger partial charge in [0.1, 0.15) is 18.4 Å². The normalized spacial score (nSPS) is 14.4. The monoisotopic (exact) mass is 593 g/mol. The van der Waals surface area contributed by atoms with Crippen molar-refractivity contribution in [1.82, 2.24) is 14.8 Å². The number of hydrogen-bond donors (Lipinski definition) is 2. The zero-order chi connectivity index (χ0) is 28.1. The van der Waals surface area contributed by atoms with E-state index in [0.29, 0.717) is 38.2 Å². The van der Waals surface area contributed by atoms with Gasteiger partial charge in [-0.05, 0) is 55.3 Å². The summed E-state index contributed by atoms with van der Waals surface area (Å²) in [5, 5.41) is 12.9. The summed E-state index contributed by atoms with van der Waals surface area (Å²) < 4.78 is 7.78. The van der Waals surface area contributed by atoms with Crippen LogP contribution in [-0.2, 0) is 11.4 Å². The van der Waals surface area contributed by atoms with Gasteiger partial charge in [0.05, 0.1) is 5.57 Å². The Bertz CT molecular complexity index is 1500. The van der Waals surface area contributed by atoms with Gasteiger partial charge in [-0.2, -0.15) is 4.98 Å². The third-order valence-electron chi connectivity index (χ3n) is 6.48. The number of fused-ring (bicyclic) bond motifs is 1. The number of amides is 1. The number of thioether (sulfide) groups is 1. The van der Waals surface area contributed by atoms with Crippen LogP contribution in [0, 0.1) is 0 Å². The van der Waals surface area contributed by atoms with Crippen molar-refractivity contribution in [3.8, 4) is 5.75 Å². The van der Waals surface area contributed by atoms with E-state index in [9.17, 15) is 4.79 Å². The van der Waals surface area contributed by atoms with Crippen LogP contribution in [0.1, 0.15) is 43.9 Å². The van der Waals surface area contributed by atoms with Gasteiger partial charge in [-0.25, -0.2) is 4.68 Å². The second-order valence-electron chi connectivity index (χ2n) is 9.31.